The van der Waals surface area contributed by atoms with Crippen LogP contribution in [0.2, 0.25) is 0 Å². The minimum absolute atomic E-state index is 0.306. The van der Waals surface area contributed by atoms with E-state index in [1.807, 2.05) is 0 Å². The van der Waals surface area contributed by atoms with E-state index in [0.29, 0.717) is 6.07 Å². The number of hydrogen-bond acceptors (Lipinski definition) is 5. The summed E-state index contributed by atoms with van der Waals surface area (Å²) in [5.41, 5.74) is -2.34. The Bertz CT molecular complexity index is 545. The molecule has 0 spiro atoms. The van der Waals surface area contributed by atoms with Gasteiger partial charge in [-0.25, -0.2) is 13.8 Å². The molecule has 17 heavy (non-hydrogen) atoms. The smallest absolute Gasteiger partial charge is 0.258 e. The molecule has 0 saturated heterocycles. The van der Waals surface area contributed by atoms with E-state index in [1.54, 1.807) is 6.07 Å². The molecule has 0 fully saturated rings. The fourth-order valence-corrected chi connectivity index (χ4v) is 1.18. The third-order valence-corrected chi connectivity index (χ3v) is 1.87. The van der Waals surface area contributed by atoms with Crippen molar-refractivity contribution in [2.75, 3.05) is 0 Å². The van der Waals surface area contributed by atoms with Gasteiger partial charge in [-0.1, -0.05) is 0 Å². The number of nitro groups is 1. The fraction of sp³-hybridized carbons (Fsp3) is 0.222. The number of halogens is 2. The largest absolute Gasteiger partial charge is 0.291 e. The lowest BCUT2D eigenvalue weighted by Gasteiger charge is -2.04. The van der Waals surface area contributed by atoms with Gasteiger partial charge in [0.15, 0.2) is 5.56 Å². The molecular weight excluding hydrogens is 234 g/mol. The van der Waals surface area contributed by atoms with E-state index in [9.17, 15) is 18.9 Å². The highest BCUT2D eigenvalue weighted by Crippen LogP contribution is 2.26. The van der Waals surface area contributed by atoms with Crippen LogP contribution in [-0.4, -0.2) is 9.91 Å². The minimum atomic E-state index is -3.00. The number of aromatic nitrogens is 1. The Labute approximate surface area is 93.9 Å². The molecule has 0 bridgehead atoms. The number of hydrogen-bond donors (Lipinski definition) is 0. The van der Waals surface area contributed by atoms with Gasteiger partial charge in [0, 0.05) is 6.07 Å². The van der Waals surface area contributed by atoms with Crippen molar-refractivity contribution in [1.82, 2.24) is 4.98 Å². The highest BCUT2D eigenvalue weighted by Gasteiger charge is 2.23. The molecule has 8 heteroatoms. The van der Waals surface area contributed by atoms with Crippen molar-refractivity contribution < 1.29 is 13.7 Å². The molecule has 1 aromatic heterocycles. The van der Waals surface area contributed by atoms with Crippen molar-refractivity contribution in [2.24, 2.45) is 0 Å². The van der Waals surface area contributed by atoms with Crippen molar-refractivity contribution in [3.05, 3.63) is 33.1 Å². The first-order valence-electron chi connectivity index (χ1n) is 4.24. The van der Waals surface area contributed by atoms with Crippen molar-refractivity contribution in [3.63, 3.8) is 0 Å². The Hall–Kier alpha value is -2.61. The SMILES string of the molecule is N#CCc1nc(C(F)F)cc([N+](=O)[O-])c1C#N. The predicted octanol–water partition coefficient (Wildman–Crippen LogP) is 1.87. The molecule has 0 aromatic carbocycles. The van der Waals surface area contributed by atoms with E-state index >= 15 is 0 Å². The van der Waals surface area contributed by atoms with Crippen molar-refractivity contribution in [1.29, 1.82) is 10.5 Å². The molecule has 86 valence electrons. The van der Waals surface area contributed by atoms with Crippen LogP contribution in [0, 0.1) is 32.8 Å². The van der Waals surface area contributed by atoms with Gasteiger partial charge in [-0.05, 0) is 0 Å². The summed E-state index contributed by atoms with van der Waals surface area (Å²) in [5.74, 6) is 0. The molecule has 0 amide bonds. The van der Waals surface area contributed by atoms with Crippen LogP contribution < -0.4 is 0 Å². The van der Waals surface area contributed by atoms with Crippen LogP contribution in [0.3, 0.4) is 0 Å². The number of nitriles is 2. The normalized spacial score (nSPS) is 9.71. The lowest BCUT2D eigenvalue weighted by atomic mass is 10.1. The fourth-order valence-electron chi connectivity index (χ4n) is 1.18. The second-order valence-corrected chi connectivity index (χ2v) is 2.89. The van der Waals surface area contributed by atoms with Crippen molar-refractivity contribution >= 4 is 5.69 Å². The van der Waals surface area contributed by atoms with E-state index < -0.39 is 34.7 Å². The van der Waals surface area contributed by atoms with Gasteiger partial charge < -0.3 is 0 Å². The summed E-state index contributed by atoms with van der Waals surface area (Å²) in [7, 11) is 0. The third-order valence-electron chi connectivity index (χ3n) is 1.87. The van der Waals surface area contributed by atoms with Gasteiger partial charge in [0.1, 0.15) is 11.8 Å². The van der Waals surface area contributed by atoms with Crippen LogP contribution >= 0.6 is 0 Å². The molecule has 0 N–H and O–H groups in total. The van der Waals surface area contributed by atoms with Gasteiger partial charge in [-0.3, -0.25) is 10.1 Å². The summed E-state index contributed by atoms with van der Waals surface area (Å²) in [4.78, 5) is 13.0. The molecule has 1 aromatic rings. The van der Waals surface area contributed by atoms with E-state index in [1.165, 1.54) is 6.07 Å². The van der Waals surface area contributed by atoms with E-state index in [2.05, 4.69) is 4.98 Å². The average Bonchev–Trinajstić information content (AvgIpc) is 2.28. The van der Waals surface area contributed by atoms with Gasteiger partial charge in [-0.15, -0.1) is 0 Å². The van der Waals surface area contributed by atoms with Gasteiger partial charge in [-0.2, -0.15) is 10.5 Å². The van der Waals surface area contributed by atoms with Gasteiger partial charge in [0.05, 0.1) is 23.1 Å². The highest BCUT2D eigenvalue weighted by molar-refractivity contribution is 5.52. The van der Waals surface area contributed by atoms with E-state index in [-0.39, 0.29) is 5.69 Å². The molecule has 0 unspecified atom stereocenters. The first-order valence-corrected chi connectivity index (χ1v) is 4.24. The second kappa shape index (κ2) is 4.94. The summed E-state index contributed by atoms with van der Waals surface area (Å²) >= 11 is 0. The summed E-state index contributed by atoms with van der Waals surface area (Å²) in [6.07, 6.45) is -3.44. The van der Waals surface area contributed by atoms with Crippen LogP contribution in [0.4, 0.5) is 14.5 Å². The molecule has 0 radical (unpaired) electrons. The molecule has 6 nitrogen and oxygen atoms in total. The Morgan fingerprint density at radius 1 is 1.53 bits per heavy atom. The maximum Gasteiger partial charge on any atom is 0.291 e. The maximum atomic E-state index is 12.4. The summed E-state index contributed by atoms with van der Waals surface area (Å²) < 4.78 is 24.8. The average molecular weight is 238 g/mol. The zero-order chi connectivity index (χ0) is 13.0. The van der Waals surface area contributed by atoms with E-state index in [0.717, 1.165) is 0 Å². The Morgan fingerprint density at radius 3 is 2.59 bits per heavy atom. The zero-order valence-electron chi connectivity index (χ0n) is 8.22. The van der Waals surface area contributed by atoms with Gasteiger partial charge in [0.2, 0.25) is 0 Å². The summed E-state index contributed by atoms with van der Waals surface area (Å²) in [5, 5.41) is 27.8. The maximum absolute atomic E-state index is 12.4. The van der Waals surface area contributed by atoms with Crippen LogP contribution in [0.1, 0.15) is 23.4 Å². The molecule has 1 heterocycles. The van der Waals surface area contributed by atoms with Gasteiger partial charge in [0.25, 0.3) is 12.1 Å². The highest BCUT2D eigenvalue weighted by atomic mass is 19.3. The Balaban J connectivity index is 3.53. The van der Waals surface area contributed by atoms with Crippen LogP contribution in [0.5, 0.6) is 0 Å². The lowest BCUT2D eigenvalue weighted by Crippen LogP contribution is -2.04. The molecule has 0 atom stereocenters. The number of nitrogens with zero attached hydrogens (tertiary/aromatic N) is 4. The number of pyridine rings is 1. The van der Waals surface area contributed by atoms with Crippen LogP contribution in [0.15, 0.2) is 6.07 Å². The molecular formula is C9H4F2N4O2. The zero-order valence-corrected chi connectivity index (χ0v) is 8.22. The monoisotopic (exact) mass is 238 g/mol. The standard InChI is InChI=1S/C9H4F2N4O2/c10-9(11)7-3-8(15(16)17)5(4-13)6(14-7)1-2-12/h3,9H,1H2. The van der Waals surface area contributed by atoms with Crippen LogP contribution in [-0.2, 0) is 6.42 Å². The molecule has 0 aliphatic heterocycles. The quantitative estimate of drug-likeness (QED) is 0.590. The molecule has 0 saturated carbocycles. The molecule has 0 aliphatic rings. The predicted molar refractivity (Wildman–Crippen MR) is 49.9 cm³/mol. The Kier molecular flexibility index (Phi) is 3.62. The lowest BCUT2D eigenvalue weighted by molar-refractivity contribution is -0.385. The topological polar surface area (TPSA) is 104 Å². The van der Waals surface area contributed by atoms with Crippen molar-refractivity contribution in [3.8, 4) is 12.1 Å². The van der Waals surface area contributed by atoms with Gasteiger partial charge >= 0.3 is 0 Å². The number of rotatable bonds is 3. The first-order chi connectivity index (χ1) is 8.01. The van der Waals surface area contributed by atoms with Crippen molar-refractivity contribution in [2.45, 2.75) is 12.8 Å². The second-order valence-electron chi connectivity index (χ2n) is 2.89. The van der Waals surface area contributed by atoms with Crippen LogP contribution in [0.25, 0.3) is 0 Å². The third kappa shape index (κ3) is 2.49. The molecule has 1 rings (SSSR count). The first kappa shape index (κ1) is 12.5. The summed E-state index contributed by atoms with van der Waals surface area (Å²) in [6.45, 7) is 0. The number of alkyl halides is 2. The Morgan fingerprint density at radius 2 is 2.18 bits per heavy atom. The summed E-state index contributed by atoms with van der Waals surface area (Å²) in [6, 6.07) is 3.65. The molecule has 0 aliphatic carbocycles. The minimum Gasteiger partial charge on any atom is -0.258 e. The van der Waals surface area contributed by atoms with E-state index in [4.69, 9.17) is 10.5 Å².